The molecule has 1 atom stereocenters. The Balaban J connectivity index is 1.60. The number of carbonyl (C=O) groups is 2. The van der Waals surface area contributed by atoms with Crippen molar-refractivity contribution >= 4 is 22.7 Å². The second kappa shape index (κ2) is 11.6. The van der Waals surface area contributed by atoms with E-state index in [0.29, 0.717) is 25.2 Å². The monoisotopic (exact) mass is 506 g/mol. The molecule has 194 valence electrons. The van der Waals surface area contributed by atoms with E-state index < -0.39 is 0 Å². The molecule has 0 saturated carbocycles. The first-order valence-corrected chi connectivity index (χ1v) is 13.4. The van der Waals surface area contributed by atoms with Gasteiger partial charge in [0.2, 0.25) is 5.91 Å². The minimum atomic E-state index is -0.0947. The van der Waals surface area contributed by atoms with Crippen molar-refractivity contribution in [3.05, 3.63) is 102 Å². The summed E-state index contributed by atoms with van der Waals surface area (Å²) < 4.78 is 0. The molecule has 1 N–H and O–H groups in total. The van der Waals surface area contributed by atoms with Crippen molar-refractivity contribution in [3.63, 3.8) is 0 Å². The highest BCUT2D eigenvalue weighted by Gasteiger charge is 2.26. The number of pyridine rings is 1. The van der Waals surface area contributed by atoms with E-state index in [-0.39, 0.29) is 17.9 Å². The molecule has 0 radical (unpaired) electrons. The van der Waals surface area contributed by atoms with Crippen molar-refractivity contribution in [2.45, 2.75) is 32.9 Å². The molecule has 1 aromatic heterocycles. The summed E-state index contributed by atoms with van der Waals surface area (Å²) in [5, 5.41) is 4.18. The number of nitrogens with zero attached hydrogens (tertiary/aromatic N) is 3. The number of hydrogen-bond acceptors (Lipinski definition) is 4. The lowest BCUT2D eigenvalue weighted by atomic mass is 9.94. The van der Waals surface area contributed by atoms with Crippen molar-refractivity contribution in [1.29, 1.82) is 0 Å². The summed E-state index contributed by atoms with van der Waals surface area (Å²) >= 11 is 0. The van der Waals surface area contributed by atoms with Crippen LogP contribution in [0.1, 0.15) is 47.8 Å². The molecule has 2 amide bonds. The van der Waals surface area contributed by atoms with Crippen molar-refractivity contribution in [1.82, 2.24) is 20.1 Å². The van der Waals surface area contributed by atoms with E-state index in [1.54, 1.807) is 6.92 Å². The lowest BCUT2D eigenvalue weighted by Gasteiger charge is -2.35. The first-order chi connectivity index (χ1) is 18.5. The van der Waals surface area contributed by atoms with Crippen molar-refractivity contribution in [2.24, 2.45) is 0 Å². The van der Waals surface area contributed by atoms with Gasteiger partial charge in [-0.15, -0.1) is 0 Å². The number of aromatic nitrogens is 1. The van der Waals surface area contributed by atoms with Gasteiger partial charge in [0.05, 0.1) is 22.8 Å². The zero-order valence-corrected chi connectivity index (χ0v) is 22.1. The molecule has 0 unspecified atom stereocenters. The van der Waals surface area contributed by atoms with Gasteiger partial charge in [0.1, 0.15) is 0 Å². The van der Waals surface area contributed by atoms with Gasteiger partial charge in [0.25, 0.3) is 5.91 Å². The molecule has 0 spiro atoms. The lowest BCUT2D eigenvalue weighted by Crippen LogP contribution is -2.47. The maximum atomic E-state index is 14.2. The van der Waals surface area contributed by atoms with Gasteiger partial charge >= 0.3 is 0 Å². The Hall–Kier alpha value is -4.03. The first kappa shape index (κ1) is 25.6. The summed E-state index contributed by atoms with van der Waals surface area (Å²) in [4.78, 5) is 35.4. The minimum absolute atomic E-state index is 0.0890. The van der Waals surface area contributed by atoms with Gasteiger partial charge < -0.3 is 10.2 Å². The van der Waals surface area contributed by atoms with E-state index in [2.05, 4.69) is 41.4 Å². The molecular weight excluding hydrogens is 472 g/mol. The average Bonchev–Trinajstić information content (AvgIpc) is 2.96. The molecule has 1 aliphatic heterocycles. The van der Waals surface area contributed by atoms with E-state index in [1.807, 2.05) is 65.6 Å². The van der Waals surface area contributed by atoms with Gasteiger partial charge in [-0.1, -0.05) is 85.8 Å². The van der Waals surface area contributed by atoms with Crippen LogP contribution in [0.15, 0.2) is 84.9 Å². The maximum absolute atomic E-state index is 14.2. The van der Waals surface area contributed by atoms with Gasteiger partial charge in [0.15, 0.2) is 0 Å². The molecule has 4 aromatic rings. The minimum Gasteiger partial charge on any atom is -0.345 e. The highest BCUT2D eigenvalue weighted by Crippen LogP contribution is 2.32. The van der Waals surface area contributed by atoms with E-state index in [9.17, 15) is 9.59 Å². The Labute approximate surface area is 224 Å². The molecule has 6 heteroatoms. The van der Waals surface area contributed by atoms with Gasteiger partial charge in [-0.25, -0.2) is 4.98 Å². The third kappa shape index (κ3) is 5.46. The topological polar surface area (TPSA) is 65.5 Å². The van der Waals surface area contributed by atoms with E-state index in [4.69, 9.17) is 4.98 Å². The largest absolute Gasteiger partial charge is 0.345 e. The Bertz CT molecular complexity index is 1410. The number of rotatable bonds is 7. The number of benzene rings is 3. The van der Waals surface area contributed by atoms with Gasteiger partial charge in [-0.05, 0) is 18.1 Å². The van der Waals surface area contributed by atoms with Gasteiger partial charge in [0, 0.05) is 56.2 Å². The molecule has 3 aromatic carbocycles. The second-order valence-corrected chi connectivity index (χ2v) is 9.82. The average molecular weight is 507 g/mol. The highest BCUT2D eigenvalue weighted by molar-refractivity contribution is 6.09. The number of nitrogens with one attached hydrogen (secondary N) is 1. The summed E-state index contributed by atoms with van der Waals surface area (Å²) in [6.07, 6.45) is 0.784. The number of para-hydroxylation sites is 1. The molecule has 1 saturated heterocycles. The summed E-state index contributed by atoms with van der Waals surface area (Å²) in [5.74, 6) is 0.0161. The third-order valence-corrected chi connectivity index (χ3v) is 7.38. The van der Waals surface area contributed by atoms with E-state index >= 15 is 0 Å². The van der Waals surface area contributed by atoms with Crippen molar-refractivity contribution < 1.29 is 9.59 Å². The Kier molecular flexibility index (Phi) is 7.80. The smallest absolute Gasteiger partial charge is 0.252 e. The van der Waals surface area contributed by atoms with Crippen LogP contribution in [0, 0.1) is 0 Å². The molecule has 6 nitrogen and oxygen atoms in total. The van der Waals surface area contributed by atoms with Crippen molar-refractivity contribution in [2.75, 3.05) is 26.2 Å². The predicted molar refractivity (Wildman–Crippen MR) is 152 cm³/mol. The van der Waals surface area contributed by atoms with E-state index in [0.717, 1.165) is 52.8 Å². The van der Waals surface area contributed by atoms with Crippen molar-refractivity contribution in [3.8, 4) is 11.3 Å². The maximum Gasteiger partial charge on any atom is 0.252 e. The van der Waals surface area contributed by atoms with Crippen LogP contribution >= 0.6 is 0 Å². The van der Waals surface area contributed by atoms with Crippen LogP contribution < -0.4 is 5.32 Å². The fraction of sp³-hybridized carbons (Fsp3) is 0.281. The first-order valence-electron chi connectivity index (χ1n) is 13.4. The summed E-state index contributed by atoms with van der Waals surface area (Å²) in [5.41, 5.74) is 5.31. The van der Waals surface area contributed by atoms with E-state index in [1.165, 1.54) is 0 Å². The SMILES string of the molecule is CC[C@H](NC(=O)c1c(CN2CCN(C(C)=O)CC2)c(-c2ccccc2)nc2ccccc12)c1ccccc1. The fourth-order valence-corrected chi connectivity index (χ4v) is 5.28. The number of piperazine rings is 1. The predicted octanol–water partition coefficient (Wildman–Crippen LogP) is 5.45. The quantitative estimate of drug-likeness (QED) is 0.362. The Morgan fingerprint density at radius 3 is 2.16 bits per heavy atom. The van der Waals surface area contributed by atoms with Gasteiger partial charge in [-0.2, -0.15) is 0 Å². The fourth-order valence-electron chi connectivity index (χ4n) is 5.28. The Morgan fingerprint density at radius 2 is 1.50 bits per heavy atom. The summed E-state index contributed by atoms with van der Waals surface area (Å²) in [6.45, 7) is 7.17. The van der Waals surface area contributed by atoms with Gasteiger partial charge in [-0.3, -0.25) is 14.5 Å². The number of hydrogen-bond donors (Lipinski definition) is 1. The molecule has 0 aliphatic carbocycles. The number of fused-ring (bicyclic) bond motifs is 1. The lowest BCUT2D eigenvalue weighted by molar-refractivity contribution is -0.130. The molecular formula is C32H34N4O2. The normalized spacial score (nSPS) is 14.8. The number of carbonyl (C=O) groups excluding carboxylic acids is 2. The summed E-state index contributed by atoms with van der Waals surface area (Å²) in [6, 6.07) is 28.0. The van der Waals surface area contributed by atoms with Crippen LogP contribution in [0.3, 0.4) is 0 Å². The molecule has 2 heterocycles. The molecule has 0 bridgehead atoms. The molecule has 38 heavy (non-hydrogen) atoms. The summed E-state index contributed by atoms with van der Waals surface area (Å²) in [7, 11) is 0. The van der Waals surface area contributed by atoms with Crippen LogP contribution in [-0.2, 0) is 11.3 Å². The third-order valence-electron chi connectivity index (χ3n) is 7.38. The van der Waals surface area contributed by atoms with Crippen LogP contribution in [0.2, 0.25) is 0 Å². The van der Waals surface area contributed by atoms with Crippen LogP contribution in [0.4, 0.5) is 0 Å². The van der Waals surface area contributed by atoms with Crippen LogP contribution in [0.25, 0.3) is 22.2 Å². The highest BCUT2D eigenvalue weighted by atomic mass is 16.2. The molecule has 1 aliphatic rings. The zero-order chi connectivity index (χ0) is 26.5. The second-order valence-electron chi connectivity index (χ2n) is 9.82. The number of amides is 2. The standard InChI is InChI=1S/C32H34N4O2/c1-3-28(24-12-6-4-7-13-24)34-32(38)30-26-16-10-11-17-29(26)33-31(25-14-8-5-9-15-25)27(30)22-35-18-20-36(21-19-35)23(2)37/h4-17,28H,3,18-22H2,1-2H3,(H,34,38)/t28-/m0/s1. The molecule has 1 fully saturated rings. The van der Waals surface area contributed by atoms with Crippen LogP contribution in [-0.4, -0.2) is 52.8 Å². The zero-order valence-electron chi connectivity index (χ0n) is 22.1. The Morgan fingerprint density at radius 1 is 0.868 bits per heavy atom. The molecule has 5 rings (SSSR count). The van der Waals surface area contributed by atoms with Crippen LogP contribution in [0.5, 0.6) is 0 Å².